The average Bonchev–Trinajstić information content (AvgIpc) is 3.22. The zero-order valence-electron chi connectivity index (χ0n) is 28.7. The zero-order valence-corrected chi connectivity index (χ0v) is 28.7. The molecule has 0 aliphatic heterocycles. The summed E-state index contributed by atoms with van der Waals surface area (Å²) in [6, 6.07) is 53.8. The first-order valence-electron chi connectivity index (χ1n) is 17.5. The van der Waals surface area contributed by atoms with Crippen molar-refractivity contribution in [3.63, 3.8) is 0 Å². The fraction of sp³-hybridized carbons (Fsp3) is 0.0833. The van der Waals surface area contributed by atoms with Gasteiger partial charge in [0, 0.05) is 34.6 Å². The molecular formula is C48H38N4. The van der Waals surface area contributed by atoms with Crippen LogP contribution in [-0.2, 0) is 0 Å². The lowest BCUT2D eigenvalue weighted by atomic mass is 9.87. The molecule has 0 saturated heterocycles. The molecule has 0 fully saturated rings. The number of nitriles is 2. The van der Waals surface area contributed by atoms with Crippen LogP contribution in [0.3, 0.4) is 0 Å². The van der Waals surface area contributed by atoms with Gasteiger partial charge in [-0.2, -0.15) is 10.5 Å². The Labute approximate surface area is 306 Å². The molecule has 7 rings (SSSR count). The fourth-order valence-corrected chi connectivity index (χ4v) is 6.70. The van der Waals surface area contributed by atoms with Crippen LogP contribution in [0.2, 0.25) is 0 Å². The summed E-state index contributed by atoms with van der Waals surface area (Å²) >= 11 is 0. The van der Waals surface area contributed by atoms with Crippen molar-refractivity contribution in [1.29, 1.82) is 10.5 Å². The summed E-state index contributed by atoms with van der Waals surface area (Å²) < 4.78 is 0. The minimum Gasteiger partial charge on any atom is -0.316 e. The molecule has 0 aromatic heterocycles. The van der Waals surface area contributed by atoms with Crippen LogP contribution in [0.1, 0.15) is 11.1 Å². The Morgan fingerprint density at radius 3 is 0.923 bits per heavy atom. The van der Waals surface area contributed by atoms with Crippen LogP contribution in [-0.4, -0.2) is 11.1 Å². The van der Waals surface area contributed by atoms with E-state index in [0.29, 0.717) is 0 Å². The van der Waals surface area contributed by atoms with E-state index < -0.39 is 11.1 Å². The lowest BCUT2D eigenvalue weighted by Gasteiger charge is -2.38. The number of hydrogen-bond acceptors (Lipinski definition) is 4. The molecule has 0 amide bonds. The molecule has 4 heteroatoms. The molecule has 2 aliphatic rings. The van der Waals surface area contributed by atoms with Gasteiger partial charge in [-0.1, -0.05) is 146 Å². The minimum absolute atomic E-state index is 0.0690. The fourth-order valence-electron chi connectivity index (χ4n) is 6.70. The van der Waals surface area contributed by atoms with Crippen LogP contribution < -0.4 is 9.80 Å². The van der Waals surface area contributed by atoms with E-state index in [4.69, 9.17) is 0 Å². The van der Waals surface area contributed by atoms with Crippen molar-refractivity contribution in [2.75, 3.05) is 9.80 Å². The maximum absolute atomic E-state index is 10.5. The molecule has 4 nitrogen and oxygen atoms in total. The van der Waals surface area contributed by atoms with Gasteiger partial charge in [0.15, 0.2) is 11.1 Å². The molecule has 52 heavy (non-hydrogen) atoms. The molecule has 250 valence electrons. The van der Waals surface area contributed by atoms with Gasteiger partial charge in [0.2, 0.25) is 0 Å². The largest absolute Gasteiger partial charge is 0.316 e. The molecular weight excluding hydrogens is 633 g/mol. The number of rotatable bonds is 10. The third-order valence-corrected chi connectivity index (χ3v) is 9.40. The second-order valence-electron chi connectivity index (χ2n) is 12.9. The van der Waals surface area contributed by atoms with E-state index in [-0.39, 0.29) is 11.8 Å². The maximum Gasteiger partial charge on any atom is 0.169 e. The van der Waals surface area contributed by atoms with E-state index in [0.717, 1.165) is 33.9 Å². The van der Waals surface area contributed by atoms with Crippen molar-refractivity contribution in [3.8, 4) is 12.1 Å². The normalized spacial score (nSPS) is 21.9. The summed E-state index contributed by atoms with van der Waals surface area (Å²) in [5.74, 6) is 0.138. The first-order chi connectivity index (χ1) is 25.6. The maximum atomic E-state index is 10.5. The van der Waals surface area contributed by atoms with E-state index >= 15 is 0 Å². The highest BCUT2D eigenvalue weighted by atomic mass is 15.2. The van der Waals surface area contributed by atoms with E-state index in [1.54, 1.807) is 0 Å². The average molecular weight is 671 g/mol. The SMILES string of the molecule is N#CC1(N(c2ccccc2)c2ccccc2)C=CC(/C=C/c2ccc(/C=C/C3C=CC(C#N)(N(c4ccccc4)c4ccccc4)C=C3)cc2)C=C1. The quantitative estimate of drug-likeness (QED) is 0.139. The molecule has 0 unspecified atom stereocenters. The number of nitrogens with zero attached hydrogens (tertiary/aromatic N) is 4. The van der Waals surface area contributed by atoms with Crippen molar-refractivity contribution in [2.45, 2.75) is 11.1 Å². The summed E-state index contributed by atoms with van der Waals surface area (Å²) in [5, 5.41) is 21.0. The van der Waals surface area contributed by atoms with Crippen molar-refractivity contribution >= 4 is 34.9 Å². The standard InChI is InChI=1S/C48H38N4/c49-37-47(51(43-13-5-1-6-14-43)44-15-7-2-8-16-44)33-29-41(30-34-47)27-25-39-21-23-40(24-22-39)26-28-42-31-35-48(38-50,36-32-42)52(45-17-9-3-10-18-45)46-19-11-4-12-20-46/h1-36,41-42H/b27-25+,28-26+. The van der Waals surface area contributed by atoms with E-state index in [9.17, 15) is 10.5 Å². The third-order valence-electron chi connectivity index (χ3n) is 9.40. The molecule has 2 aliphatic carbocycles. The topological polar surface area (TPSA) is 54.1 Å². The van der Waals surface area contributed by atoms with Gasteiger partial charge in [-0.3, -0.25) is 0 Å². The first-order valence-corrected chi connectivity index (χ1v) is 17.5. The Morgan fingerprint density at radius 1 is 0.404 bits per heavy atom. The monoisotopic (exact) mass is 670 g/mol. The summed E-state index contributed by atoms with van der Waals surface area (Å²) in [4.78, 5) is 4.16. The summed E-state index contributed by atoms with van der Waals surface area (Å²) in [6.07, 6.45) is 25.0. The van der Waals surface area contributed by atoms with Crippen molar-refractivity contribution in [2.24, 2.45) is 11.8 Å². The van der Waals surface area contributed by atoms with E-state index in [1.807, 2.05) is 146 Å². The lowest BCUT2D eigenvalue weighted by molar-refractivity contribution is 0.761. The van der Waals surface area contributed by atoms with Gasteiger partial charge in [0.1, 0.15) is 0 Å². The predicted molar refractivity (Wildman–Crippen MR) is 215 cm³/mol. The molecule has 5 aromatic rings. The number of hydrogen-bond donors (Lipinski definition) is 0. The van der Waals surface area contributed by atoms with E-state index in [2.05, 4.69) is 94.8 Å². The van der Waals surface area contributed by atoms with Crippen LogP contribution in [0.5, 0.6) is 0 Å². The molecule has 0 saturated carbocycles. The highest BCUT2D eigenvalue weighted by Crippen LogP contribution is 2.39. The second-order valence-corrected chi connectivity index (χ2v) is 12.9. The molecule has 5 aromatic carbocycles. The third kappa shape index (κ3) is 7.19. The van der Waals surface area contributed by atoms with Crippen molar-refractivity contribution in [3.05, 3.63) is 217 Å². The lowest BCUT2D eigenvalue weighted by Crippen LogP contribution is -2.42. The zero-order chi connectivity index (χ0) is 35.6. The highest BCUT2D eigenvalue weighted by Gasteiger charge is 2.36. The number of benzene rings is 5. The van der Waals surface area contributed by atoms with Gasteiger partial charge < -0.3 is 9.80 Å². The Kier molecular flexibility index (Phi) is 9.92. The van der Waals surface area contributed by atoms with Crippen molar-refractivity contribution in [1.82, 2.24) is 0 Å². The number of para-hydroxylation sites is 4. The van der Waals surface area contributed by atoms with Crippen LogP contribution in [0.4, 0.5) is 22.7 Å². The highest BCUT2D eigenvalue weighted by molar-refractivity contribution is 5.72. The van der Waals surface area contributed by atoms with Gasteiger partial charge in [-0.05, 0) is 84.0 Å². The van der Waals surface area contributed by atoms with Gasteiger partial charge in [-0.25, -0.2) is 0 Å². The molecule has 0 N–H and O–H groups in total. The summed E-state index contributed by atoms with van der Waals surface area (Å²) in [6.45, 7) is 0. The molecule has 0 spiro atoms. The number of anilines is 4. The van der Waals surface area contributed by atoms with E-state index in [1.165, 1.54) is 0 Å². The Morgan fingerprint density at radius 2 is 0.673 bits per heavy atom. The summed E-state index contributed by atoms with van der Waals surface area (Å²) in [7, 11) is 0. The van der Waals surface area contributed by atoms with Crippen LogP contribution in [0.25, 0.3) is 12.2 Å². The van der Waals surface area contributed by atoms with Crippen LogP contribution in [0, 0.1) is 34.5 Å². The Hall–Kier alpha value is -6.88. The predicted octanol–water partition coefficient (Wildman–Crippen LogP) is 11.4. The van der Waals surface area contributed by atoms with Gasteiger partial charge in [0.25, 0.3) is 0 Å². The molecule has 0 heterocycles. The smallest absolute Gasteiger partial charge is 0.169 e. The number of allylic oxidation sites excluding steroid dienone is 6. The van der Waals surface area contributed by atoms with Gasteiger partial charge >= 0.3 is 0 Å². The first kappa shape index (κ1) is 33.6. The Bertz CT molecular complexity index is 1950. The minimum atomic E-state index is -0.941. The Balaban J connectivity index is 1.01. The molecule has 0 bridgehead atoms. The molecule has 0 radical (unpaired) electrons. The molecule has 0 atom stereocenters. The summed E-state index contributed by atoms with van der Waals surface area (Å²) in [5.41, 5.74) is 4.14. The van der Waals surface area contributed by atoms with Crippen molar-refractivity contribution < 1.29 is 0 Å². The van der Waals surface area contributed by atoms with Crippen LogP contribution >= 0.6 is 0 Å². The van der Waals surface area contributed by atoms with Gasteiger partial charge in [0.05, 0.1) is 12.1 Å². The second kappa shape index (κ2) is 15.3. The van der Waals surface area contributed by atoms with Gasteiger partial charge in [-0.15, -0.1) is 0 Å². The van der Waals surface area contributed by atoms with Crippen LogP contribution in [0.15, 0.2) is 206 Å².